The number of ether oxygens (including phenoxy) is 1. The van der Waals surface area contributed by atoms with Crippen molar-refractivity contribution in [3.63, 3.8) is 0 Å². The first-order valence-corrected chi connectivity index (χ1v) is 13.8. The number of hydrogen-bond donors (Lipinski definition) is 1. The first-order valence-electron chi connectivity index (χ1n) is 11.0. The molecule has 0 bridgehead atoms. The number of amides is 2. The maximum Gasteiger partial charge on any atom is 1.00 e. The Morgan fingerprint density at radius 3 is 2.77 bits per heavy atom. The Morgan fingerprint density at radius 1 is 1.28 bits per heavy atom. The number of carbonyl (C=O) groups is 3. The van der Waals surface area contributed by atoms with Crippen LogP contribution in [0.3, 0.4) is 0 Å². The van der Waals surface area contributed by atoms with Crippen molar-refractivity contribution < 1.29 is 67.0 Å². The second-order valence-corrected chi connectivity index (χ2v) is 11.6. The fourth-order valence-corrected chi connectivity index (χ4v) is 7.10. The molecule has 0 spiro atoms. The van der Waals surface area contributed by atoms with Crippen molar-refractivity contribution in [2.75, 3.05) is 11.5 Å². The first kappa shape index (κ1) is 29.6. The van der Waals surface area contributed by atoms with Crippen LogP contribution < -0.4 is 44.7 Å². The first-order chi connectivity index (χ1) is 18.2. The molecular weight excluding hydrogens is 585 g/mol. The monoisotopic (exact) mass is 602 g/mol. The number of furan rings is 1. The summed E-state index contributed by atoms with van der Waals surface area (Å²) >= 11 is 4.04. The molecule has 2 atom stereocenters. The molecule has 3 aromatic rings. The van der Waals surface area contributed by atoms with E-state index in [1.54, 1.807) is 0 Å². The van der Waals surface area contributed by atoms with Crippen molar-refractivity contribution >= 4 is 52.6 Å². The summed E-state index contributed by atoms with van der Waals surface area (Å²) in [4.78, 5) is 38.6. The van der Waals surface area contributed by atoms with Crippen LogP contribution in [0.15, 0.2) is 50.4 Å². The molecule has 2 aliphatic heterocycles. The molecule has 2 aromatic heterocycles. The molecule has 4 heterocycles. The van der Waals surface area contributed by atoms with Gasteiger partial charge in [-0.15, -0.1) is 22.0 Å². The minimum absolute atomic E-state index is 0. The number of aromatic nitrogens is 2. The van der Waals surface area contributed by atoms with Crippen LogP contribution in [0.2, 0.25) is 0 Å². The fraction of sp³-hybridized carbons (Fsp3) is 0.261. The van der Waals surface area contributed by atoms with Crippen molar-refractivity contribution in [1.82, 2.24) is 20.4 Å². The zero-order valence-corrected chi connectivity index (χ0v) is 24.9. The molecule has 2 amide bonds. The Hall–Kier alpha value is -2.43. The van der Waals surface area contributed by atoms with E-state index in [4.69, 9.17) is 9.15 Å². The quantitative estimate of drug-likeness (QED) is 0.187. The van der Waals surface area contributed by atoms with Gasteiger partial charge in [-0.25, -0.2) is 8.78 Å². The van der Waals surface area contributed by atoms with Gasteiger partial charge in [0.2, 0.25) is 0 Å². The molecule has 1 saturated heterocycles. The average Bonchev–Trinajstić information content (AvgIpc) is 3.53. The molecule has 1 fully saturated rings. The number of nitrogens with zero attached hydrogens (tertiary/aromatic N) is 3. The summed E-state index contributed by atoms with van der Waals surface area (Å²) in [5.74, 6) is -3.82. The van der Waals surface area contributed by atoms with Crippen molar-refractivity contribution in [1.29, 1.82) is 0 Å². The Kier molecular flexibility index (Phi) is 9.39. The van der Waals surface area contributed by atoms with Gasteiger partial charge in [-0.2, -0.15) is 0 Å². The zero-order valence-electron chi connectivity index (χ0n) is 20.4. The van der Waals surface area contributed by atoms with E-state index in [1.165, 1.54) is 47.0 Å². The van der Waals surface area contributed by atoms with Crippen molar-refractivity contribution in [3.8, 4) is 5.75 Å². The van der Waals surface area contributed by atoms with Gasteiger partial charge in [0.05, 0.1) is 11.7 Å². The van der Waals surface area contributed by atoms with Crippen LogP contribution in [0.5, 0.6) is 5.75 Å². The number of thioether (sulfide) groups is 2. The predicted molar refractivity (Wildman–Crippen MR) is 131 cm³/mol. The van der Waals surface area contributed by atoms with E-state index in [0.29, 0.717) is 27.5 Å². The van der Waals surface area contributed by atoms with Gasteiger partial charge in [-0.3, -0.25) is 14.5 Å². The number of rotatable bonds is 9. The van der Waals surface area contributed by atoms with Gasteiger partial charge >= 0.3 is 29.6 Å². The summed E-state index contributed by atoms with van der Waals surface area (Å²) in [5.41, 5.74) is 0.332. The molecule has 1 aromatic carbocycles. The summed E-state index contributed by atoms with van der Waals surface area (Å²) in [6.07, 6.45) is 0. The Balaban J connectivity index is 0.00000353. The van der Waals surface area contributed by atoms with E-state index >= 15 is 0 Å². The number of aliphatic carboxylic acids is 1. The minimum Gasteiger partial charge on any atom is -0.543 e. The van der Waals surface area contributed by atoms with E-state index in [0.717, 1.165) is 22.0 Å². The third kappa shape index (κ3) is 6.33. The minimum atomic E-state index is -1.47. The summed E-state index contributed by atoms with van der Waals surface area (Å²) in [7, 11) is 0. The fourth-order valence-electron chi connectivity index (χ4n) is 3.80. The predicted octanol–water partition coefficient (Wildman–Crippen LogP) is -0.889. The Labute approximate surface area is 254 Å². The van der Waals surface area contributed by atoms with E-state index in [1.807, 2.05) is 6.92 Å². The second kappa shape index (κ2) is 12.4. The average molecular weight is 603 g/mol. The molecule has 1 N–H and O–H groups in total. The van der Waals surface area contributed by atoms with Crippen molar-refractivity contribution in [2.45, 2.75) is 29.3 Å². The maximum atomic E-state index is 13.7. The molecule has 198 valence electrons. The third-order valence-electron chi connectivity index (χ3n) is 5.55. The molecule has 16 heteroatoms. The van der Waals surface area contributed by atoms with Crippen LogP contribution in [-0.4, -0.2) is 55.8 Å². The molecule has 0 aliphatic carbocycles. The number of carbonyl (C=O) groups excluding carboxylic acids is 3. The molecule has 10 nitrogen and oxygen atoms in total. The molecule has 0 radical (unpaired) electrons. The van der Waals surface area contributed by atoms with Crippen LogP contribution in [-0.2, 0) is 16.2 Å². The van der Waals surface area contributed by atoms with Gasteiger partial charge in [0.15, 0.2) is 21.7 Å². The number of aryl methyl sites for hydroxylation is 1. The number of benzene rings is 1. The number of carboxylic acid groups (broad SMARTS) is 1. The summed E-state index contributed by atoms with van der Waals surface area (Å²) in [6.45, 7) is 1.59. The summed E-state index contributed by atoms with van der Waals surface area (Å²) in [5, 5.41) is 22.6. The van der Waals surface area contributed by atoms with Gasteiger partial charge < -0.3 is 24.4 Å². The topological polar surface area (TPSA) is 138 Å². The Morgan fingerprint density at radius 2 is 2.08 bits per heavy atom. The van der Waals surface area contributed by atoms with Crippen molar-refractivity contribution in [3.05, 3.63) is 69.8 Å². The maximum absolute atomic E-state index is 13.7. The van der Waals surface area contributed by atoms with Gasteiger partial charge in [-0.1, -0.05) is 23.1 Å². The van der Waals surface area contributed by atoms with E-state index in [2.05, 4.69) is 15.5 Å². The molecular formula is C23H17F2N4NaO6S3. The van der Waals surface area contributed by atoms with Crippen LogP contribution in [0.1, 0.15) is 21.3 Å². The number of β-lactam (4-membered cyclic amide) rings is 1. The summed E-state index contributed by atoms with van der Waals surface area (Å²) < 4.78 is 38.1. The van der Waals surface area contributed by atoms with Gasteiger partial charge in [0.1, 0.15) is 34.6 Å². The van der Waals surface area contributed by atoms with Crippen LogP contribution in [0.4, 0.5) is 8.78 Å². The van der Waals surface area contributed by atoms with Crippen LogP contribution >= 0.6 is 34.9 Å². The van der Waals surface area contributed by atoms with Gasteiger partial charge in [0.25, 0.3) is 11.8 Å². The molecule has 2 unspecified atom stereocenters. The van der Waals surface area contributed by atoms with E-state index in [9.17, 15) is 28.3 Å². The molecule has 0 saturated carbocycles. The zero-order chi connectivity index (χ0) is 27.0. The molecule has 39 heavy (non-hydrogen) atoms. The normalized spacial score (nSPS) is 18.2. The number of carboxylic acids is 1. The number of fused-ring (bicyclic) bond motifs is 1. The van der Waals surface area contributed by atoms with Gasteiger partial charge in [-0.05, 0) is 36.8 Å². The SMILES string of the molecule is Cc1nnc(SCC2=C(C(=O)[O-])N3C(=O)C(NC(=O)c4ccc(COc5ccc(F)cc5F)o4)C3SC2)s1.[Na+]. The van der Waals surface area contributed by atoms with Crippen LogP contribution in [0.25, 0.3) is 0 Å². The second-order valence-electron chi connectivity index (χ2n) is 8.11. The third-order valence-corrected chi connectivity index (χ3v) is 8.95. The molecule has 5 rings (SSSR count). The number of nitrogens with one attached hydrogen (secondary N) is 1. The van der Waals surface area contributed by atoms with Gasteiger partial charge in [0, 0.05) is 17.6 Å². The van der Waals surface area contributed by atoms with Crippen LogP contribution in [0, 0.1) is 18.6 Å². The molecule has 2 aliphatic rings. The smallest absolute Gasteiger partial charge is 0.543 e. The largest absolute Gasteiger partial charge is 1.00 e. The van der Waals surface area contributed by atoms with E-state index in [-0.39, 0.29) is 59.1 Å². The van der Waals surface area contributed by atoms with E-state index < -0.39 is 40.8 Å². The standard InChI is InChI=1S/C23H18F2N4O6S3.Na/c1-10-27-28-23(38-10)37-9-11-8-36-21-17(20(31)29(21)18(11)22(32)33)26-19(30)16-5-3-13(35-16)7-34-15-4-2-12(24)6-14(15)25;/h2-6,17,21H,7-9H2,1H3,(H,26,30)(H,32,33);/q;+1/p-1. The summed E-state index contributed by atoms with van der Waals surface area (Å²) in [6, 6.07) is 4.71. The Bertz CT molecular complexity index is 1460. The number of hydrogen-bond acceptors (Lipinski definition) is 11. The van der Waals surface area contributed by atoms with Crippen molar-refractivity contribution in [2.24, 2.45) is 0 Å². The number of halogens is 2.